The highest BCUT2D eigenvalue weighted by Crippen LogP contribution is 2.45. The van der Waals surface area contributed by atoms with Crippen LogP contribution in [0.2, 0.25) is 18.1 Å². The Morgan fingerprint density at radius 1 is 1.47 bits per heavy atom. The largest absolute Gasteiger partial charge is 0.481 e. The van der Waals surface area contributed by atoms with Crippen LogP contribution in [0.5, 0.6) is 0 Å². The first-order valence-corrected chi connectivity index (χ1v) is 9.74. The molecule has 0 aliphatic heterocycles. The SMILES string of the molecule is CC(C)(C)[Si](C)(C)O[C@H]1CCC(=O)[C@]1(C)CC(=O)O. The minimum absolute atomic E-state index is 0.0265. The fourth-order valence-corrected chi connectivity index (χ4v) is 3.74. The molecule has 1 saturated carbocycles. The molecule has 0 bridgehead atoms. The highest BCUT2D eigenvalue weighted by Gasteiger charge is 2.51. The van der Waals surface area contributed by atoms with Crippen LogP contribution in [0.3, 0.4) is 0 Å². The van der Waals surface area contributed by atoms with E-state index in [-0.39, 0.29) is 23.3 Å². The molecule has 0 aromatic heterocycles. The molecule has 0 aromatic carbocycles. The molecule has 1 aliphatic carbocycles. The maximum absolute atomic E-state index is 12.0. The van der Waals surface area contributed by atoms with Crippen molar-refractivity contribution in [2.45, 2.75) is 71.2 Å². The smallest absolute Gasteiger partial charge is 0.304 e. The minimum atomic E-state index is -1.98. The van der Waals surface area contributed by atoms with E-state index in [4.69, 9.17) is 9.53 Å². The number of Topliss-reactive ketones (excluding diaryl/α,β-unsaturated/α-hetero) is 1. The first kappa shape index (κ1) is 16.4. The highest BCUT2D eigenvalue weighted by molar-refractivity contribution is 6.74. The van der Waals surface area contributed by atoms with Crippen molar-refractivity contribution < 1.29 is 19.1 Å². The zero-order chi connectivity index (χ0) is 15.1. The first-order chi connectivity index (χ1) is 8.40. The van der Waals surface area contributed by atoms with Gasteiger partial charge in [-0.1, -0.05) is 20.8 Å². The third kappa shape index (κ3) is 3.26. The van der Waals surface area contributed by atoms with Gasteiger partial charge >= 0.3 is 5.97 Å². The lowest BCUT2D eigenvalue weighted by Gasteiger charge is -2.42. The molecule has 0 aromatic rings. The van der Waals surface area contributed by atoms with E-state index in [0.717, 1.165) is 0 Å². The van der Waals surface area contributed by atoms with Gasteiger partial charge < -0.3 is 9.53 Å². The Morgan fingerprint density at radius 3 is 2.42 bits per heavy atom. The van der Waals surface area contributed by atoms with E-state index < -0.39 is 19.7 Å². The average molecular weight is 286 g/mol. The Labute approximate surface area is 116 Å². The molecule has 1 fully saturated rings. The molecule has 1 rings (SSSR count). The van der Waals surface area contributed by atoms with Gasteiger partial charge in [0, 0.05) is 6.42 Å². The van der Waals surface area contributed by atoms with Gasteiger partial charge in [-0.15, -0.1) is 0 Å². The summed E-state index contributed by atoms with van der Waals surface area (Å²) in [6.45, 7) is 12.4. The maximum atomic E-state index is 12.0. The van der Waals surface area contributed by atoms with Gasteiger partial charge in [-0.05, 0) is 31.5 Å². The van der Waals surface area contributed by atoms with Gasteiger partial charge in [0.2, 0.25) is 0 Å². The number of carbonyl (C=O) groups is 2. The zero-order valence-corrected chi connectivity index (χ0v) is 13.9. The van der Waals surface area contributed by atoms with Crippen LogP contribution in [0.4, 0.5) is 0 Å². The molecule has 2 atom stereocenters. The van der Waals surface area contributed by atoms with Crippen molar-refractivity contribution in [1.82, 2.24) is 0 Å². The van der Waals surface area contributed by atoms with Crippen molar-refractivity contribution in [3.63, 3.8) is 0 Å². The van der Waals surface area contributed by atoms with Crippen molar-refractivity contribution in [3.8, 4) is 0 Å². The van der Waals surface area contributed by atoms with Gasteiger partial charge in [0.25, 0.3) is 0 Å². The molecule has 0 saturated heterocycles. The number of hydrogen-bond acceptors (Lipinski definition) is 3. The van der Waals surface area contributed by atoms with Crippen LogP contribution in [-0.4, -0.2) is 31.3 Å². The van der Waals surface area contributed by atoms with Gasteiger partial charge in [0.15, 0.2) is 8.32 Å². The molecule has 19 heavy (non-hydrogen) atoms. The monoisotopic (exact) mass is 286 g/mol. The van der Waals surface area contributed by atoms with E-state index in [1.807, 2.05) is 0 Å². The van der Waals surface area contributed by atoms with Gasteiger partial charge in [0.1, 0.15) is 5.78 Å². The Hall–Kier alpha value is -0.683. The summed E-state index contributed by atoms with van der Waals surface area (Å²) < 4.78 is 6.30. The fourth-order valence-electron chi connectivity index (χ4n) is 2.29. The number of aliphatic carboxylic acids is 1. The van der Waals surface area contributed by atoms with Crippen LogP contribution in [-0.2, 0) is 14.0 Å². The molecule has 0 radical (unpaired) electrons. The summed E-state index contributed by atoms with van der Waals surface area (Å²) in [5.74, 6) is -0.903. The summed E-state index contributed by atoms with van der Waals surface area (Å²) in [6.07, 6.45) is 0.695. The van der Waals surface area contributed by atoms with Crippen LogP contribution >= 0.6 is 0 Å². The third-order valence-electron chi connectivity index (χ3n) is 4.74. The minimum Gasteiger partial charge on any atom is -0.481 e. The van der Waals surface area contributed by atoms with Gasteiger partial charge in [-0.3, -0.25) is 9.59 Å². The fraction of sp³-hybridized carbons (Fsp3) is 0.857. The van der Waals surface area contributed by atoms with Gasteiger partial charge in [-0.25, -0.2) is 0 Å². The summed E-state index contributed by atoms with van der Waals surface area (Å²) >= 11 is 0. The van der Waals surface area contributed by atoms with Crippen molar-refractivity contribution in [2.75, 3.05) is 0 Å². The third-order valence-corrected chi connectivity index (χ3v) is 9.23. The van der Waals surface area contributed by atoms with E-state index in [1.165, 1.54) is 0 Å². The van der Waals surface area contributed by atoms with Crippen molar-refractivity contribution in [2.24, 2.45) is 5.41 Å². The molecular formula is C14H26O4Si. The van der Waals surface area contributed by atoms with Gasteiger partial charge in [-0.2, -0.15) is 0 Å². The molecular weight excluding hydrogens is 260 g/mol. The topological polar surface area (TPSA) is 63.6 Å². The lowest BCUT2D eigenvalue weighted by atomic mass is 9.82. The lowest BCUT2D eigenvalue weighted by molar-refractivity contribution is -0.145. The lowest BCUT2D eigenvalue weighted by Crippen LogP contribution is -2.48. The molecule has 0 heterocycles. The van der Waals surface area contributed by atoms with E-state index >= 15 is 0 Å². The standard InChI is InChI=1S/C14H26O4Si/c1-13(2,3)19(5,6)18-11-8-7-10(15)14(11,4)9-12(16)17/h11H,7-9H2,1-6H3,(H,16,17)/t11-,14-/m0/s1. The average Bonchev–Trinajstić information content (AvgIpc) is 2.43. The van der Waals surface area contributed by atoms with Crippen molar-refractivity contribution >= 4 is 20.1 Å². The van der Waals surface area contributed by atoms with Gasteiger partial charge in [0.05, 0.1) is 17.9 Å². The Morgan fingerprint density at radius 2 is 2.00 bits per heavy atom. The van der Waals surface area contributed by atoms with Crippen molar-refractivity contribution in [1.29, 1.82) is 0 Å². The Bertz CT molecular complexity index is 383. The summed E-state index contributed by atoms with van der Waals surface area (Å²) in [5.41, 5.74) is -0.860. The molecule has 5 heteroatoms. The quantitative estimate of drug-likeness (QED) is 0.806. The molecule has 0 spiro atoms. The predicted octanol–water partition coefficient (Wildman–Crippen LogP) is 3.22. The van der Waals surface area contributed by atoms with Crippen LogP contribution in [0.25, 0.3) is 0 Å². The van der Waals surface area contributed by atoms with E-state index in [2.05, 4.69) is 33.9 Å². The maximum Gasteiger partial charge on any atom is 0.304 e. The second kappa shape index (κ2) is 5.02. The summed E-state index contributed by atoms with van der Waals surface area (Å²) in [4.78, 5) is 23.1. The number of ketones is 1. The van der Waals surface area contributed by atoms with Crippen LogP contribution in [0.1, 0.15) is 47.0 Å². The first-order valence-electron chi connectivity index (χ1n) is 6.83. The molecule has 110 valence electrons. The molecule has 4 nitrogen and oxygen atoms in total. The predicted molar refractivity (Wildman–Crippen MR) is 76.7 cm³/mol. The Kier molecular flexibility index (Phi) is 4.32. The number of carboxylic acid groups (broad SMARTS) is 1. The number of carbonyl (C=O) groups excluding carboxylic acids is 1. The second-order valence-corrected chi connectivity index (χ2v) is 12.1. The van der Waals surface area contributed by atoms with E-state index in [0.29, 0.717) is 12.8 Å². The van der Waals surface area contributed by atoms with E-state index in [9.17, 15) is 9.59 Å². The zero-order valence-electron chi connectivity index (χ0n) is 12.9. The Balaban J connectivity index is 2.94. The molecule has 1 aliphatic rings. The van der Waals surface area contributed by atoms with Crippen molar-refractivity contribution in [3.05, 3.63) is 0 Å². The summed E-state index contributed by atoms with van der Waals surface area (Å²) in [7, 11) is -1.98. The number of rotatable bonds is 4. The second-order valence-electron chi connectivity index (χ2n) is 7.32. The van der Waals surface area contributed by atoms with Crippen LogP contribution < -0.4 is 0 Å². The van der Waals surface area contributed by atoms with Crippen LogP contribution in [0.15, 0.2) is 0 Å². The number of carboxylic acids is 1. The highest BCUT2D eigenvalue weighted by atomic mass is 28.4. The molecule has 0 amide bonds. The molecule has 1 N–H and O–H groups in total. The van der Waals surface area contributed by atoms with Crippen LogP contribution in [0, 0.1) is 5.41 Å². The normalized spacial score (nSPS) is 28.7. The summed E-state index contributed by atoms with van der Waals surface area (Å²) in [5, 5.41) is 9.09. The number of hydrogen-bond donors (Lipinski definition) is 1. The molecule has 0 unspecified atom stereocenters. The summed E-state index contributed by atoms with van der Waals surface area (Å²) in [6, 6.07) is 0. The van der Waals surface area contributed by atoms with E-state index in [1.54, 1.807) is 6.92 Å².